The van der Waals surface area contributed by atoms with E-state index in [1.165, 1.54) is 0 Å². The van der Waals surface area contributed by atoms with Gasteiger partial charge in [-0.2, -0.15) is 0 Å². The molecule has 0 spiro atoms. The number of carbonyl (C=O) groups is 1. The van der Waals surface area contributed by atoms with Crippen molar-refractivity contribution in [3.05, 3.63) is 41.0 Å². The molecule has 108 valence electrons. The third-order valence-corrected chi connectivity index (χ3v) is 5.59. The zero-order valence-corrected chi connectivity index (χ0v) is 12.8. The Morgan fingerprint density at radius 3 is 2.30 bits per heavy atom. The average molecular weight is 293 g/mol. The molecule has 1 amide bonds. The van der Waals surface area contributed by atoms with E-state index in [-0.39, 0.29) is 10.8 Å². The highest BCUT2D eigenvalue weighted by Gasteiger charge is 2.37. The van der Waals surface area contributed by atoms with E-state index in [0.717, 1.165) is 12.0 Å². The first-order valence-electron chi connectivity index (χ1n) is 6.69. The van der Waals surface area contributed by atoms with Crippen molar-refractivity contribution in [2.24, 2.45) is 0 Å². The average Bonchev–Trinajstić information content (AvgIpc) is 2.68. The van der Waals surface area contributed by atoms with E-state index in [4.69, 9.17) is 0 Å². The van der Waals surface area contributed by atoms with Crippen LogP contribution in [0.4, 0.5) is 0 Å². The number of sulfone groups is 1. The van der Waals surface area contributed by atoms with Crippen LogP contribution in [0.2, 0.25) is 0 Å². The summed E-state index contributed by atoms with van der Waals surface area (Å²) < 4.78 is 25.2. The van der Waals surface area contributed by atoms with E-state index in [0.29, 0.717) is 17.6 Å². The Morgan fingerprint density at radius 1 is 1.15 bits per heavy atom. The van der Waals surface area contributed by atoms with Crippen LogP contribution in [-0.4, -0.2) is 19.7 Å². The lowest BCUT2D eigenvalue weighted by molar-refractivity contribution is -0.116. The number of amides is 1. The molecule has 1 aliphatic heterocycles. The molecule has 1 atom stereocenters. The Bertz CT molecular complexity index is 657. The lowest BCUT2D eigenvalue weighted by Crippen LogP contribution is -2.35. The first-order valence-corrected chi connectivity index (χ1v) is 8.23. The quantitative estimate of drug-likeness (QED) is 0.926. The Kier molecular flexibility index (Phi) is 3.99. The zero-order chi connectivity index (χ0) is 14.9. The van der Waals surface area contributed by atoms with Gasteiger partial charge < -0.3 is 5.32 Å². The third kappa shape index (κ3) is 2.50. The molecule has 20 heavy (non-hydrogen) atoms. The molecular formula is C15H19NO3S. The smallest absolute Gasteiger partial charge is 0.248 e. The standard InChI is InChI=1S/C15H19NO3S/c1-4-5-13-11(3)15(16-14(13)17)20(18,19)12-8-6-10(2)7-9-12/h6-9,15H,4-5H2,1-3H3,(H,16,17). The molecule has 0 aliphatic carbocycles. The summed E-state index contributed by atoms with van der Waals surface area (Å²) in [5.74, 6) is -0.259. The number of nitrogens with one attached hydrogen (secondary N) is 1. The van der Waals surface area contributed by atoms with Crippen LogP contribution in [0, 0.1) is 6.92 Å². The topological polar surface area (TPSA) is 63.2 Å². The van der Waals surface area contributed by atoms with Gasteiger partial charge in [0, 0.05) is 5.57 Å². The summed E-state index contributed by atoms with van der Waals surface area (Å²) in [5.41, 5.74) is 2.23. The predicted molar refractivity (Wildman–Crippen MR) is 77.9 cm³/mol. The van der Waals surface area contributed by atoms with Crippen LogP contribution in [0.5, 0.6) is 0 Å². The maximum absolute atomic E-state index is 12.6. The maximum atomic E-state index is 12.6. The number of benzene rings is 1. The molecule has 2 rings (SSSR count). The van der Waals surface area contributed by atoms with Crippen molar-refractivity contribution in [2.75, 3.05) is 0 Å². The van der Waals surface area contributed by atoms with Crippen molar-refractivity contribution in [1.29, 1.82) is 0 Å². The first kappa shape index (κ1) is 14.8. The fourth-order valence-electron chi connectivity index (χ4n) is 2.39. The molecule has 0 fully saturated rings. The second-order valence-corrected chi connectivity index (χ2v) is 7.16. The fourth-order valence-corrected chi connectivity index (χ4v) is 4.04. The van der Waals surface area contributed by atoms with Crippen molar-refractivity contribution in [3.8, 4) is 0 Å². The van der Waals surface area contributed by atoms with E-state index in [1.54, 1.807) is 31.2 Å². The molecule has 5 heteroatoms. The van der Waals surface area contributed by atoms with E-state index in [1.807, 2.05) is 13.8 Å². The van der Waals surface area contributed by atoms with Crippen molar-refractivity contribution in [2.45, 2.75) is 43.9 Å². The minimum atomic E-state index is -3.58. The molecule has 1 unspecified atom stereocenters. The molecule has 0 saturated heterocycles. The molecule has 1 heterocycles. The minimum Gasteiger partial charge on any atom is -0.332 e. The largest absolute Gasteiger partial charge is 0.332 e. The van der Waals surface area contributed by atoms with E-state index in [2.05, 4.69) is 5.32 Å². The first-order chi connectivity index (χ1) is 9.37. The van der Waals surface area contributed by atoms with Gasteiger partial charge in [0.25, 0.3) is 0 Å². The molecule has 0 saturated carbocycles. The number of aryl methyl sites for hydroxylation is 1. The van der Waals surface area contributed by atoms with Crippen LogP contribution in [0.15, 0.2) is 40.3 Å². The van der Waals surface area contributed by atoms with Gasteiger partial charge >= 0.3 is 0 Å². The van der Waals surface area contributed by atoms with Crippen molar-refractivity contribution in [1.82, 2.24) is 5.32 Å². The SMILES string of the molecule is CCCC1=C(C)C(S(=O)(=O)c2ccc(C)cc2)NC1=O. The molecule has 1 N–H and O–H groups in total. The Morgan fingerprint density at radius 2 is 1.75 bits per heavy atom. The van der Waals surface area contributed by atoms with Crippen LogP contribution in [0.1, 0.15) is 32.3 Å². The molecule has 0 aromatic heterocycles. The Balaban J connectivity index is 2.41. The van der Waals surface area contributed by atoms with Crippen LogP contribution in [0.25, 0.3) is 0 Å². The van der Waals surface area contributed by atoms with Gasteiger partial charge in [-0.15, -0.1) is 0 Å². The fraction of sp³-hybridized carbons (Fsp3) is 0.400. The minimum absolute atomic E-state index is 0.241. The Hall–Kier alpha value is -1.62. The summed E-state index contributed by atoms with van der Waals surface area (Å²) in [5, 5.41) is 1.66. The number of carbonyl (C=O) groups excluding carboxylic acids is 1. The van der Waals surface area contributed by atoms with Crippen LogP contribution < -0.4 is 5.32 Å². The van der Waals surface area contributed by atoms with Crippen molar-refractivity contribution >= 4 is 15.7 Å². The third-order valence-electron chi connectivity index (χ3n) is 3.57. The van der Waals surface area contributed by atoms with Gasteiger partial charge in [0.15, 0.2) is 5.37 Å². The predicted octanol–water partition coefficient (Wildman–Crippen LogP) is 2.34. The molecule has 0 bridgehead atoms. The lowest BCUT2D eigenvalue weighted by Gasteiger charge is -2.14. The van der Waals surface area contributed by atoms with Crippen LogP contribution >= 0.6 is 0 Å². The van der Waals surface area contributed by atoms with Gasteiger partial charge in [-0.05, 0) is 38.0 Å². The van der Waals surface area contributed by atoms with Crippen LogP contribution in [-0.2, 0) is 14.6 Å². The molecule has 1 aromatic carbocycles. The van der Waals surface area contributed by atoms with E-state index < -0.39 is 15.2 Å². The highest BCUT2D eigenvalue weighted by atomic mass is 32.2. The molecule has 1 aromatic rings. The molecule has 4 nitrogen and oxygen atoms in total. The maximum Gasteiger partial charge on any atom is 0.248 e. The Labute approximate surface area is 119 Å². The van der Waals surface area contributed by atoms with E-state index >= 15 is 0 Å². The van der Waals surface area contributed by atoms with Crippen molar-refractivity contribution < 1.29 is 13.2 Å². The van der Waals surface area contributed by atoms with Gasteiger partial charge in [-0.1, -0.05) is 31.0 Å². The van der Waals surface area contributed by atoms with E-state index in [9.17, 15) is 13.2 Å². The highest BCUT2D eigenvalue weighted by Crippen LogP contribution is 2.28. The lowest BCUT2D eigenvalue weighted by atomic mass is 10.1. The number of hydrogen-bond acceptors (Lipinski definition) is 3. The van der Waals surface area contributed by atoms with Gasteiger partial charge in [-0.25, -0.2) is 8.42 Å². The summed E-state index contributed by atoms with van der Waals surface area (Å²) in [6.45, 7) is 5.59. The van der Waals surface area contributed by atoms with Gasteiger partial charge in [0.05, 0.1) is 4.90 Å². The van der Waals surface area contributed by atoms with Gasteiger partial charge in [0.2, 0.25) is 15.7 Å². The molecular weight excluding hydrogens is 274 g/mol. The summed E-state index contributed by atoms with van der Waals surface area (Å²) in [4.78, 5) is 12.1. The summed E-state index contributed by atoms with van der Waals surface area (Å²) in [7, 11) is -3.58. The van der Waals surface area contributed by atoms with Crippen LogP contribution in [0.3, 0.4) is 0 Å². The summed E-state index contributed by atoms with van der Waals surface area (Å²) in [6.07, 6.45) is 1.43. The van der Waals surface area contributed by atoms with Gasteiger partial charge in [0.1, 0.15) is 0 Å². The molecule has 1 aliphatic rings. The highest BCUT2D eigenvalue weighted by molar-refractivity contribution is 7.92. The number of rotatable bonds is 4. The zero-order valence-electron chi connectivity index (χ0n) is 11.9. The number of hydrogen-bond donors (Lipinski definition) is 1. The summed E-state index contributed by atoms with van der Waals surface area (Å²) >= 11 is 0. The summed E-state index contributed by atoms with van der Waals surface area (Å²) in [6, 6.07) is 6.69. The normalized spacial score (nSPS) is 19.4. The second kappa shape index (κ2) is 5.40. The second-order valence-electron chi connectivity index (χ2n) is 5.12. The monoisotopic (exact) mass is 293 g/mol. The van der Waals surface area contributed by atoms with Crippen molar-refractivity contribution in [3.63, 3.8) is 0 Å². The van der Waals surface area contributed by atoms with Gasteiger partial charge in [-0.3, -0.25) is 4.79 Å². The molecule has 0 radical (unpaired) electrons.